The Hall–Kier alpha value is -1.97. The number of nitrogens with one attached hydrogen (secondary N) is 1. The van der Waals surface area contributed by atoms with Crippen molar-refractivity contribution in [2.75, 3.05) is 5.32 Å². The van der Waals surface area contributed by atoms with Crippen molar-refractivity contribution in [3.8, 4) is 0 Å². The van der Waals surface area contributed by atoms with Crippen LogP contribution in [0.3, 0.4) is 0 Å². The predicted molar refractivity (Wildman–Crippen MR) is 78.4 cm³/mol. The molecule has 0 atom stereocenters. The summed E-state index contributed by atoms with van der Waals surface area (Å²) in [5.41, 5.74) is -0.0686. The molecule has 0 aliphatic carbocycles. The van der Waals surface area contributed by atoms with Crippen molar-refractivity contribution in [1.82, 2.24) is 0 Å². The quantitative estimate of drug-likeness (QED) is 0.841. The molecule has 0 aliphatic rings. The first kappa shape index (κ1) is 15.4. The van der Waals surface area contributed by atoms with E-state index >= 15 is 0 Å². The van der Waals surface area contributed by atoms with Crippen LogP contribution in [0.15, 0.2) is 55.2 Å². The zero-order valence-electron chi connectivity index (χ0n) is 10.4. The van der Waals surface area contributed by atoms with Gasteiger partial charge in [-0.3, -0.25) is 4.79 Å². The number of anilines is 1. The van der Waals surface area contributed by atoms with Crippen molar-refractivity contribution in [2.45, 2.75) is 4.90 Å². The monoisotopic (exact) mass is 372 g/mol. The second-order valence-electron chi connectivity index (χ2n) is 3.98. The highest BCUT2D eigenvalue weighted by Gasteiger charge is 2.13. The third kappa shape index (κ3) is 3.78. The number of carbonyl (C=O) groups excluding carboxylic acids is 1. The number of rotatable bonds is 3. The molecule has 21 heavy (non-hydrogen) atoms. The van der Waals surface area contributed by atoms with Gasteiger partial charge in [-0.25, -0.2) is 18.4 Å². The number of hydrogen-bond donors (Lipinski definition) is 2. The zero-order valence-corrected chi connectivity index (χ0v) is 12.8. The van der Waals surface area contributed by atoms with E-state index in [-0.39, 0.29) is 10.5 Å². The van der Waals surface area contributed by atoms with Crippen molar-refractivity contribution in [3.63, 3.8) is 0 Å². The maximum Gasteiger partial charge on any atom is 0.335 e. The van der Waals surface area contributed by atoms with Gasteiger partial charge in [0.05, 0.1) is 16.1 Å². The molecule has 9 heteroatoms. The molecule has 0 unspecified atom stereocenters. The van der Waals surface area contributed by atoms with Gasteiger partial charge < -0.3 is 9.73 Å². The van der Waals surface area contributed by atoms with E-state index in [1.165, 1.54) is 24.3 Å². The molecule has 0 saturated carbocycles. The lowest BCUT2D eigenvalue weighted by Crippen LogP contribution is -2.15. The van der Waals surface area contributed by atoms with E-state index in [1.54, 1.807) is 0 Å². The summed E-state index contributed by atoms with van der Waals surface area (Å²) >= 11 is 3.14. The molecule has 7 nitrogen and oxygen atoms in total. The highest BCUT2D eigenvalue weighted by atomic mass is 79.9. The molecule has 0 spiro atoms. The predicted octanol–water partition coefficient (Wildman–Crippen LogP) is 1.30. The van der Waals surface area contributed by atoms with Crippen LogP contribution in [0.4, 0.5) is 5.69 Å². The van der Waals surface area contributed by atoms with Gasteiger partial charge in [0.2, 0.25) is 10.0 Å². The van der Waals surface area contributed by atoms with Gasteiger partial charge in [-0.2, -0.15) is 0 Å². The highest BCUT2D eigenvalue weighted by Crippen LogP contribution is 2.25. The van der Waals surface area contributed by atoms with Gasteiger partial charge in [-0.1, -0.05) is 0 Å². The maximum absolute atomic E-state index is 11.9. The fourth-order valence-electron chi connectivity index (χ4n) is 1.46. The molecule has 1 aromatic carbocycles. The minimum Gasteiger partial charge on any atom is -0.430 e. The summed E-state index contributed by atoms with van der Waals surface area (Å²) in [6.07, 6.45) is 1.03. The van der Waals surface area contributed by atoms with Gasteiger partial charge in [0.1, 0.15) is 6.26 Å². The summed E-state index contributed by atoms with van der Waals surface area (Å²) in [5, 5.41) is 7.55. The summed E-state index contributed by atoms with van der Waals surface area (Å²) in [5.74, 6) is -0.511. The van der Waals surface area contributed by atoms with Gasteiger partial charge in [0, 0.05) is 10.5 Å². The zero-order chi connectivity index (χ0) is 15.6. The van der Waals surface area contributed by atoms with Crippen LogP contribution >= 0.6 is 15.9 Å². The van der Waals surface area contributed by atoms with Gasteiger partial charge in [-0.05, 0) is 40.2 Å². The lowest BCUT2D eigenvalue weighted by atomic mass is 10.2. The van der Waals surface area contributed by atoms with E-state index in [1.807, 2.05) is 0 Å². The van der Waals surface area contributed by atoms with Crippen molar-refractivity contribution in [2.24, 2.45) is 5.14 Å². The van der Waals surface area contributed by atoms with Crippen LogP contribution in [0.5, 0.6) is 0 Å². The fraction of sp³-hybridized carbons (Fsp3) is 0. The molecular weight excluding hydrogens is 364 g/mol. The molecule has 0 aliphatic heterocycles. The van der Waals surface area contributed by atoms with Gasteiger partial charge in [-0.15, -0.1) is 0 Å². The Labute approximate surface area is 127 Å². The minimum absolute atomic E-state index is 0.0851. The van der Waals surface area contributed by atoms with Crippen LogP contribution < -0.4 is 16.1 Å². The van der Waals surface area contributed by atoms with E-state index in [4.69, 9.17) is 5.14 Å². The first-order valence-electron chi connectivity index (χ1n) is 5.50. The van der Waals surface area contributed by atoms with Crippen molar-refractivity contribution < 1.29 is 17.6 Å². The summed E-state index contributed by atoms with van der Waals surface area (Å²) < 4.78 is 27.3. The number of primary sulfonamides is 1. The van der Waals surface area contributed by atoms with Crippen LogP contribution in [0.1, 0.15) is 10.4 Å². The number of nitrogens with two attached hydrogens (primary N) is 1. The lowest BCUT2D eigenvalue weighted by Gasteiger charge is -2.08. The van der Waals surface area contributed by atoms with Crippen LogP contribution in [0, 0.1) is 0 Å². The lowest BCUT2D eigenvalue weighted by molar-refractivity contribution is 0.102. The van der Waals surface area contributed by atoms with Gasteiger partial charge >= 0.3 is 5.63 Å². The number of sulfonamides is 1. The summed E-state index contributed by atoms with van der Waals surface area (Å²) in [7, 11) is -3.82. The largest absolute Gasteiger partial charge is 0.430 e. The van der Waals surface area contributed by atoms with Gasteiger partial charge in [0.25, 0.3) is 5.91 Å². The van der Waals surface area contributed by atoms with Crippen LogP contribution in [0.2, 0.25) is 0 Å². The van der Waals surface area contributed by atoms with E-state index in [2.05, 4.69) is 25.7 Å². The molecule has 1 aromatic heterocycles. The highest BCUT2D eigenvalue weighted by molar-refractivity contribution is 9.10. The topological polar surface area (TPSA) is 119 Å². The first-order chi connectivity index (χ1) is 9.77. The fourth-order valence-corrected chi connectivity index (χ4v) is 2.63. The minimum atomic E-state index is -3.82. The summed E-state index contributed by atoms with van der Waals surface area (Å²) in [6, 6.07) is 6.36. The SMILES string of the molecule is NS(=O)(=O)c1ccc(NC(=O)c2ccc(=O)oc2)c(Br)c1. The van der Waals surface area contributed by atoms with E-state index in [9.17, 15) is 18.0 Å². The molecule has 110 valence electrons. The second-order valence-corrected chi connectivity index (χ2v) is 6.40. The number of hydrogen-bond acceptors (Lipinski definition) is 5. The standard InChI is InChI=1S/C12H9BrN2O5S/c13-9-5-8(21(14,18)19)2-3-10(9)15-12(17)7-1-4-11(16)20-6-7/h1-6H,(H,15,17)(H2,14,18,19). The Bertz CT molecular complexity index is 840. The van der Waals surface area contributed by atoms with E-state index < -0.39 is 21.6 Å². The molecule has 1 heterocycles. The maximum atomic E-state index is 11.9. The van der Waals surface area contributed by atoms with E-state index in [0.717, 1.165) is 12.3 Å². The summed E-state index contributed by atoms with van der Waals surface area (Å²) in [4.78, 5) is 22.7. The van der Waals surface area contributed by atoms with Gasteiger partial charge in [0.15, 0.2) is 0 Å². The Kier molecular flexibility index (Phi) is 4.26. The normalized spacial score (nSPS) is 11.1. The molecule has 0 radical (unpaired) electrons. The molecular formula is C12H9BrN2O5S. The first-order valence-corrected chi connectivity index (χ1v) is 7.84. The molecule has 0 saturated heterocycles. The van der Waals surface area contributed by atoms with Crippen LogP contribution in [-0.2, 0) is 10.0 Å². The van der Waals surface area contributed by atoms with Crippen LogP contribution in [0.25, 0.3) is 0 Å². The Morgan fingerprint density at radius 2 is 1.95 bits per heavy atom. The Morgan fingerprint density at radius 1 is 1.24 bits per heavy atom. The molecule has 3 N–H and O–H groups in total. The third-order valence-corrected chi connectivity index (χ3v) is 4.05. The van der Waals surface area contributed by atoms with Crippen molar-refractivity contribution in [3.05, 3.63) is 57.1 Å². The average molecular weight is 373 g/mol. The Balaban J connectivity index is 2.26. The number of benzene rings is 1. The van der Waals surface area contributed by atoms with Crippen molar-refractivity contribution >= 4 is 37.5 Å². The van der Waals surface area contributed by atoms with Crippen LogP contribution in [-0.4, -0.2) is 14.3 Å². The number of carbonyl (C=O) groups is 1. The molecule has 2 rings (SSSR count). The van der Waals surface area contributed by atoms with E-state index in [0.29, 0.717) is 10.2 Å². The third-order valence-electron chi connectivity index (χ3n) is 2.48. The second kappa shape index (κ2) is 5.80. The molecule has 0 bridgehead atoms. The molecule has 0 fully saturated rings. The van der Waals surface area contributed by atoms with Crippen molar-refractivity contribution in [1.29, 1.82) is 0 Å². The molecule has 1 amide bonds. The number of halogens is 1. The average Bonchev–Trinajstić information content (AvgIpc) is 2.40. The molecule has 2 aromatic rings. The smallest absolute Gasteiger partial charge is 0.335 e. The summed E-state index contributed by atoms with van der Waals surface area (Å²) in [6.45, 7) is 0. The Morgan fingerprint density at radius 3 is 2.48 bits per heavy atom. The number of amides is 1.